The van der Waals surface area contributed by atoms with Crippen molar-refractivity contribution in [2.24, 2.45) is 0 Å². The van der Waals surface area contributed by atoms with E-state index in [1.807, 2.05) is 32.3 Å². The Balaban J connectivity index is 1.36. The Hall–Kier alpha value is -2.83. The van der Waals surface area contributed by atoms with Crippen molar-refractivity contribution < 1.29 is 4.42 Å². The van der Waals surface area contributed by atoms with E-state index in [0.29, 0.717) is 10.6 Å². The molecule has 1 saturated heterocycles. The summed E-state index contributed by atoms with van der Waals surface area (Å²) in [6.45, 7) is 2.65. The third kappa shape index (κ3) is 3.82. The molecule has 2 aromatic heterocycles. The van der Waals surface area contributed by atoms with Crippen LogP contribution in [0.4, 0.5) is 5.82 Å². The van der Waals surface area contributed by atoms with Crippen LogP contribution in [-0.2, 0) is 6.54 Å². The molecule has 7 heteroatoms. The van der Waals surface area contributed by atoms with E-state index in [1.165, 1.54) is 5.56 Å². The third-order valence-corrected chi connectivity index (χ3v) is 6.33. The number of benzene rings is 2. The second-order valence-corrected chi connectivity index (χ2v) is 8.85. The topological polar surface area (TPSA) is 54.5 Å². The molecule has 0 saturated carbocycles. The molecule has 6 nitrogen and oxygen atoms in total. The largest absolute Gasteiger partial charge is 0.420 e. The number of hydrogen-bond acceptors (Lipinski definition) is 5. The summed E-state index contributed by atoms with van der Waals surface area (Å²) in [5, 5.41) is 1.77. The van der Waals surface area contributed by atoms with Gasteiger partial charge in [-0.3, -0.25) is 9.47 Å². The quantitative estimate of drug-likeness (QED) is 0.464. The van der Waals surface area contributed by atoms with Crippen molar-refractivity contribution in [3.63, 3.8) is 0 Å². The van der Waals surface area contributed by atoms with Crippen LogP contribution in [0.15, 0.2) is 57.7 Å². The van der Waals surface area contributed by atoms with Crippen LogP contribution in [0.3, 0.4) is 0 Å². The fraction of sp³-hybridized carbons (Fsp3) is 0.333. The van der Waals surface area contributed by atoms with Crippen molar-refractivity contribution >= 4 is 39.4 Å². The lowest BCUT2D eigenvalue weighted by Gasteiger charge is -2.33. The first-order valence-corrected chi connectivity index (χ1v) is 11.0. The van der Waals surface area contributed by atoms with Crippen LogP contribution < -0.4 is 10.7 Å². The predicted octanol–water partition coefficient (Wildman–Crippen LogP) is 4.70. The van der Waals surface area contributed by atoms with Crippen molar-refractivity contribution in [3.05, 3.63) is 69.7 Å². The van der Waals surface area contributed by atoms with Crippen LogP contribution in [0, 0.1) is 0 Å². The summed E-state index contributed by atoms with van der Waals surface area (Å²) in [7, 11) is 4.07. The number of piperidine rings is 1. The standard InChI is InChI=1S/C24H25ClN4O2/c1-27(2)23-17(13-16-5-3-4-6-20(16)26-23)15-28-11-9-19(10-12-28)29-21-14-18(25)7-8-22(21)31-24(29)30/h3-8,13-14,19H,9-12,15H2,1-2H3. The van der Waals surface area contributed by atoms with E-state index < -0.39 is 0 Å². The normalized spacial score (nSPS) is 15.7. The van der Waals surface area contributed by atoms with Crippen LogP contribution in [0.2, 0.25) is 5.02 Å². The fourth-order valence-corrected chi connectivity index (χ4v) is 4.75. The molecule has 160 valence electrons. The molecule has 31 heavy (non-hydrogen) atoms. The number of pyridine rings is 1. The Bertz CT molecular complexity index is 1300. The van der Waals surface area contributed by atoms with Crippen LogP contribution in [-0.4, -0.2) is 41.6 Å². The molecule has 1 fully saturated rings. The Labute approximate surface area is 185 Å². The second kappa shape index (κ2) is 8.02. The van der Waals surface area contributed by atoms with Crippen LogP contribution in [0.5, 0.6) is 0 Å². The lowest BCUT2D eigenvalue weighted by Crippen LogP contribution is -2.36. The smallest absolute Gasteiger partial charge is 0.408 e. The summed E-state index contributed by atoms with van der Waals surface area (Å²) in [6, 6.07) is 15.9. The van der Waals surface area contributed by atoms with Crippen molar-refractivity contribution in [3.8, 4) is 0 Å². The zero-order chi connectivity index (χ0) is 21.5. The van der Waals surface area contributed by atoms with Gasteiger partial charge in [-0.1, -0.05) is 29.8 Å². The minimum Gasteiger partial charge on any atom is -0.408 e. The Morgan fingerprint density at radius 1 is 1.13 bits per heavy atom. The predicted molar refractivity (Wildman–Crippen MR) is 125 cm³/mol. The van der Waals surface area contributed by atoms with Crippen LogP contribution >= 0.6 is 11.6 Å². The number of aromatic nitrogens is 2. The molecule has 4 aromatic rings. The van der Waals surface area contributed by atoms with Gasteiger partial charge in [0, 0.05) is 55.7 Å². The maximum atomic E-state index is 12.5. The molecule has 0 aliphatic carbocycles. The number of halogens is 1. The molecule has 0 amide bonds. The molecule has 0 spiro atoms. The maximum absolute atomic E-state index is 12.5. The summed E-state index contributed by atoms with van der Waals surface area (Å²) < 4.78 is 7.21. The van der Waals surface area contributed by atoms with Gasteiger partial charge in [0.15, 0.2) is 5.58 Å². The van der Waals surface area contributed by atoms with E-state index in [4.69, 9.17) is 21.0 Å². The average molecular weight is 437 g/mol. The zero-order valence-corrected chi connectivity index (χ0v) is 18.5. The van der Waals surface area contributed by atoms with Crippen molar-refractivity contribution in [2.45, 2.75) is 25.4 Å². The van der Waals surface area contributed by atoms with Crippen molar-refractivity contribution in [2.75, 3.05) is 32.1 Å². The van der Waals surface area contributed by atoms with E-state index in [1.54, 1.807) is 16.7 Å². The van der Waals surface area contributed by atoms with E-state index in [-0.39, 0.29) is 11.8 Å². The Kier molecular flexibility index (Phi) is 5.20. The second-order valence-electron chi connectivity index (χ2n) is 8.42. The van der Waals surface area contributed by atoms with E-state index in [9.17, 15) is 4.79 Å². The molecule has 2 aromatic carbocycles. The summed E-state index contributed by atoms with van der Waals surface area (Å²) >= 11 is 6.16. The van der Waals surface area contributed by atoms with Gasteiger partial charge in [0.1, 0.15) is 5.82 Å². The number of anilines is 1. The summed E-state index contributed by atoms with van der Waals surface area (Å²) in [6.07, 6.45) is 1.78. The fourth-order valence-electron chi connectivity index (χ4n) is 4.58. The highest BCUT2D eigenvalue weighted by Gasteiger charge is 2.25. The first-order chi connectivity index (χ1) is 15.0. The number of hydrogen-bond donors (Lipinski definition) is 0. The first-order valence-electron chi connectivity index (χ1n) is 10.6. The minimum absolute atomic E-state index is 0.117. The number of oxazole rings is 1. The van der Waals surface area contributed by atoms with Gasteiger partial charge in [-0.15, -0.1) is 0 Å². The van der Waals surface area contributed by atoms with E-state index >= 15 is 0 Å². The molecule has 0 N–H and O–H groups in total. The van der Waals surface area contributed by atoms with E-state index in [2.05, 4.69) is 28.0 Å². The maximum Gasteiger partial charge on any atom is 0.420 e. The van der Waals surface area contributed by atoms with Gasteiger partial charge in [0.2, 0.25) is 0 Å². The molecule has 3 heterocycles. The van der Waals surface area contributed by atoms with Crippen LogP contribution in [0.25, 0.3) is 22.0 Å². The molecule has 1 aliphatic heterocycles. The van der Waals surface area contributed by atoms with E-state index in [0.717, 1.165) is 54.7 Å². The third-order valence-electron chi connectivity index (χ3n) is 6.09. The molecule has 0 atom stereocenters. The van der Waals surface area contributed by atoms with Crippen molar-refractivity contribution in [1.29, 1.82) is 0 Å². The number of rotatable bonds is 4. The van der Waals surface area contributed by atoms with Crippen LogP contribution in [0.1, 0.15) is 24.4 Å². The average Bonchev–Trinajstić information content (AvgIpc) is 3.08. The summed E-state index contributed by atoms with van der Waals surface area (Å²) in [5.74, 6) is 0.705. The number of fused-ring (bicyclic) bond motifs is 2. The summed E-state index contributed by atoms with van der Waals surface area (Å²) in [5.41, 5.74) is 3.61. The van der Waals surface area contributed by atoms with Gasteiger partial charge < -0.3 is 9.32 Å². The lowest BCUT2D eigenvalue weighted by molar-refractivity contribution is 0.177. The number of likely N-dealkylation sites (tertiary alicyclic amines) is 1. The van der Waals surface area contributed by atoms with Gasteiger partial charge in [0.05, 0.1) is 11.0 Å². The van der Waals surface area contributed by atoms with Gasteiger partial charge in [-0.25, -0.2) is 9.78 Å². The van der Waals surface area contributed by atoms with Gasteiger partial charge in [-0.2, -0.15) is 0 Å². The molecule has 0 unspecified atom stereocenters. The molecular weight excluding hydrogens is 412 g/mol. The van der Waals surface area contributed by atoms with Gasteiger partial charge >= 0.3 is 5.76 Å². The number of nitrogens with zero attached hydrogens (tertiary/aromatic N) is 4. The minimum atomic E-state index is -0.302. The molecule has 1 aliphatic rings. The van der Waals surface area contributed by atoms with Gasteiger partial charge in [0.25, 0.3) is 0 Å². The molecular formula is C24H25ClN4O2. The van der Waals surface area contributed by atoms with Crippen molar-refractivity contribution in [1.82, 2.24) is 14.5 Å². The summed E-state index contributed by atoms with van der Waals surface area (Å²) in [4.78, 5) is 21.9. The molecule has 0 radical (unpaired) electrons. The lowest BCUT2D eigenvalue weighted by atomic mass is 10.0. The molecule has 5 rings (SSSR count). The molecule has 0 bridgehead atoms. The Morgan fingerprint density at radius 3 is 2.68 bits per heavy atom. The monoisotopic (exact) mass is 436 g/mol. The first kappa shape index (κ1) is 20.1. The number of para-hydroxylation sites is 1. The highest BCUT2D eigenvalue weighted by Crippen LogP contribution is 2.29. The highest BCUT2D eigenvalue weighted by atomic mass is 35.5. The van der Waals surface area contributed by atoms with Gasteiger partial charge in [-0.05, 0) is 43.2 Å². The Morgan fingerprint density at radius 2 is 1.90 bits per heavy atom. The SMILES string of the molecule is CN(C)c1nc2ccccc2cc1CN1CCC(n2c(=O)oc3ccc(Cl)cc32)CC1. The zero-order valence-electron chi connectivity index (χ0n) is 17.7. The highest BCUT2D eigenvalue weighted by molar-refractivity contribution is 6.31.